The van der Waals surface area contributed by atoms with Crippen LogP contribution < -0.4 is 0 Å². The van der Waals surface area contributed by atoms with Crippen LogP contribution in [0.25, 0.3) is 0 Å². The summed E-state index contributed by atoms with van der Waals surface area (Å²) >= 11 is 0. The molecular weight excluding hydrogens is 564 g/mol. The van der Waals surface area contributed by atoms with Crippen molar-refractivity contribution in [3.05, 3.63) is 0 Å². The minimum Gasteiger partial charge on any atom is -0.396 e. The van der Waals surface area contributed by atoms with Crippen molar-refractivity contribution < 1.29 is 46.0 Å². The fourth-order valence-corrected chi connectivity index (χ4v) is 11.0. The van der Waals surface area contributed by atoms with Crippen LogP contribution >= 0.6 is 0 Å². The van der Waals surface area contributed by atoms with Gasteiger partial charge in [-0.25, -0.2) is 0 Å². The minimum absolute atomic E-state index is 0.0276. The SMILES string of the molecule is CC(C)(C1CCC(C(C)(C2CC(CO)C(O)C(CO)C2)C2CC(CO)C(O)C(CO)C2)CC1)C1CC(CO)C(O)C(CO)C1. The third-order valence-corrected chi connectivity index (χ3v) is 14.3. The van der Waals surface area contributed by atoms with Crippen molar-refractivity contribution in [3.8, 4) is 0 Å². The van der Waals surface area contributed by atoms with Gasteiger partial charge < -0.3 is 46.0 Å². The van der Waals surface area contributed by atoms with Gasteiger partial charge in [0.2, 0.25) is 0 Å². The van der Waals surface area contributed by atoms with Gasteiger partial charge in [0.05, 0.1) is 18.3 Å². The summed E-state index contributed by atoms with van der Waals surface area (Å²) in [6, 6.07) is 0. The van der Waals surface area contributed by atoms with Gasteiger partial charge in [0.25, 0.3) is 0 Å². The molecule has 9 heteroatoms. The van der Waals surface area contributed by atoms with Gasteiger partial charge in [-0.3, -0.25) is 0 Å². The Kier molecular flexibility index (Phi) is 12.6. The molecule has 6 unspecified atom stereocenters. The first-order valence-corrected chi connectivity index (χ1v) is 17.6. The lowest BCUT2D eigenvalue weighted by atomic mass is 9.47. The predicted molar refractivity (Wildman–Crippen MR) is 167 cm³/mol. The Labute approximate surface area is 264 Å². The molecule has 4 fully saturated rings. The summed E-state index contributed by atoms with van der Waals surface area (Å²) < 4.78 is 0. The average Bonchev–Trinajstić information content (AvgIpc) is 3.04. The second-order valence-electron chi connectivity index (χ2n) is 16.4. The molecule has 0 radical (unpaired) electrons. The van der Waals surface area contributed by atoms with Gasteiger partial charge in [-0.1, -0.05) is 20.8 Å². The predicted octanol–water partition coefficient (Wildman–Crippen LogP) is 1.79. The van der Waals surface area contributed by atoms with Crippen molar-refractivity contribution in [2.75, 3.05) is 39.6 Å². The van der Waals surface area contributed by atoms with E-state index < -0.39 is 18.3 Å². The molecule has 0 aliphatic heterocycles. The standard InChI is InChI=1S/C35H64O9/c1-34(2,28-8-20(14-36)31(42)21(9-28)15-37)26-4-6-27(7-5-26)35(3,29-10-22(16-38)32(43)23(11-29)17-39)30-12-24(18-40)33(44)25(13-30)19-41/h20-33,36-44H,4-19H2,1-3H3. The summed E-state index contributed by atoms with van der Waals surface area (Å²) in [6.45, 7) is 6.31. The molecule has 0 bridgehead atoms. The van der Waals surface area contributed by atoms with Crippen LogP contribution in [0, 0.1) is 75.9 Å². The summed E-state index contributed by atoms with van der Waals surface area (Å²) in [5.74, 6) is -0.292. The van der Waals surface area contributed by atoms with Crippen molar-refractivity contribution in [2.45, 2.75) is 103 Å². The van der Waals surface area contributed by atoms with Gasteiger partial charge in [-0.15, -0.1) is 0 Å². The Balaban J connectivity index is 1.59. The topological polar surface area (TPSA) is 182 Å². The van der Waals surface area contributed by atoms with Crippen molar-refractivity contribution in [3.63, 3.8) is 0 Å². The van der Waals surface area contributed by atoms with Crippen LogP contribution in [0.2, 0.25) is 0 Å². The second kappa shape index (κ2) is 15.2. The summed E-state index contributed by atoms with van der Waals surface area (Å²) in [4.78, 5) is 0. The highest BCUT2D eigenvalue weighted by Crippen LogP contribution is 2.61. The molecule has 4 aliphatic carbocycles. The molecule has 258 valence electrons. The van der Waals surface area contributed by atoms with Crippen LogP contribution in [0.4, 0.5) is 0 Å². The molecule has 44 heavy (non-hydrogen) atoms. The van der Waals surface area contributed by atoms with Gasteiger partial charge in [-0.2, -0.15) is 0 Å². The molecule has 4 rings (SSSR count). The summed E-state index contributed by atoms with van der Waals surface area (Å²) in [7, 11) is 0. The molecule has 0 aromatic carbocycles. The van der Waals surface area contributed by atoms with E-state index in [1.165, 1.54) is 0 Å². The van der Waals surface area contributed by atoms with Gasteiger partial charge in [0.1, 0.15) is 0 Å². The molecule has 9 N–H and O–H groups in total. The first kappa shape index (κ1) is 36.5. The molecule has 9 nitrogen and oxygen atoms in total. The Morgan fingerprint density at radius 2 is 0.636 bits per heavy atom. The fraction of sp³-hybridized carbons (Fsp3) is 1.00. The Morgan fingerprint density at radius 3 is 0.909 bits per heavy atom. The fourth-order valence-electron chi connectivity index (χ4n) is 11.0. The third kappa shape index (κ3) is 6.93. The van der Waals surface area contributed by atoms with Gasteiger partial charge in [0, 0.05) is 75.1 Å². The molecular formula is C35H64O9. The van der Waals surface area contributed by atoms with Gasteiger partial charge in [-0.05, 0) is 105 Å². The zero-order valence-corrected chi connectivity index (χ0v) is 27.4. The van der Waals surface area contributed by atoms with E-state index in [4.69, 9.17) is 0 Å². The molecule has 0 amide bonds. The summed E-state index contributed by atoms with van der Waals surface area (Å²) in [5.41, 5.74) is -0.254. The maximum Gasteiger partial charge on any atom is 0.0640 e. The molecule has 4 aliphatic rings. The van der Waals surface area contributed by atoms with Crippen LogP contribution in [0.1, 0.15) is 85.0 Å². The number of hydrogen-bond acceptors (Lipinski definition) is 9. The lowest BCUT2D eigenvalue weighted by molar-refractivity contribution is -0.136. The zero-order valence-electron chi connectivity index (χ0n) is 27.4. The molecule has 0 aromatic rings. The Hall–Kier alpha value is -0.360. The van der Waals surface area contributed by atoms with Crippen LogP contribution in [-0.2, 0) is 0 Å². The van der Waals surface area contributed by atoms with E-state index in [2.05, 4.69) is 20.8 Å². The summed E-state index contributed by atoms with van der Waals surface area (Å²) in [6.07, 6.45) is 6.08. The molecule has 6 atom stereocenters. The van der Waals surface area contributed by atoms with Crippen LogP contribution in [0.3, 0.4) is 0 Å². The highest BCUT2D eigenvalue weighted by Gasteiger charge is 2.55. The Bertz CT molecular complexity index is 800. The lowest BCUT2D eigenvalue weighted by Crippen LogP contribution is -2.54. The monoisotopic (exact) mass is 628 g/mol. The molecule has 0 spiro atoms. The average molecular weight is 629 g/mol. The van der Waals surface area contributed by atoms with E-state index in [-0.39, 0.29) is 97.8 Å². The molecule has 0 aromatic heterocycles. The number of rotatable bonds is 11. The maximum absolute atomic E-state index is 10.9. The highest BCUT2D eigenvalue weighted by atomic mass is 16.3. The Morgan fingerprint density at radius 1 is 0.386 bits per heavy atom. The second-order valence-corrected chi connectivity index (χ2v) is 16.4. The summed E-state index contributed by atoms with van der Waals surface area (Å²) in [5, 5.41) is 93.3. The van der Waals surface area contributed by atoms with E-state index in [1.807, 2.05) is 0 Å². The van der Waals surface area contributed by atoms with E-state index in [0.717, 1.165) is 38.5 Å². The largest absolute Gasteiger partial charge is 0.396 e. The highest BCUT2D eigenvalue weighted by molar-refractivity contribution is 5.04. The number of hydrogen-bond donors (Lipinski definition) is 9. The normalized spacial score (nSPS) is 45.5. The van der Waals surface area contributed by atoms with Crippen molar-refractivity contribution in [2.24, 2.45) is 75.9 Å². The van der Waals surface area contributed by atoms with Crippen LogP contribution in [0.15, 0.2) is 0 Å². The van der Waals surface area contributed by atoms with Crippen molar-refractivity contribution in [1.82, 2.24) is 0 Å². The van der Waals surface area contributed by atoms with E-state index >= 15 is 0 Å². The lowest BCUT2D eigenvalue weighted by Gasteiger charge is -2.58. The number of aliphatic hydroxyl groups is 9. The van der Waals surface area contributed by atoms with Crippen molar-refractivity contribution >= 4 is 0 Å². The van der Waals surface area contributed by atoms with Crippen molar-refractivity contribution in [1.29, 1.82) is 0 Å². The van der Waals surface area contributed by atoms with Gasteiger partial charge >= 0.3 is 0 Å². The van der Waals surface area contributed by atoms with E-state index in [9.17, 15) is 46.0 Å². The molecule has 0 heterocycles. The van der Waals surface area contributed by atoms with Crippen LogP contribution in [0.5, 0.6) is 0 Å². The van der Waals surface area contributed by atoms with Gasteiger partial charge in [0.15, 0.2) is 0 Å². The number of aliphatic hydroxyl groups excluding tert-OH is 9. The smallest absolute Gasteiger partial charge is 0.0640 e. The van der Waals surface area contributed by atoms with E-state index in [1.54, 1.807) is 0 Å². The first-order valence-electron chi connectivity index (χ1n) is 17.6. The minimum atomic E-state index is -0.745. The molecule has 0 saturated heterocycles. The maximum atomic E-state index is 10.9. The quantitative estimate of drug-likeness (QED) is 0.165. The molecule has 4 saturated carbocycles. The van der Waals surface area contributed by atoms with Crippen LogP contribution in [-0.4, -0.2) is 104 Å². The van der Waals surface area contributed by atoms with E-state index in [0.29, 0.717) is 43.4 Å². The third-order valence-electron chi connectivity index (χ3n) is 14.3. The first-order chi connectivity index (χ1) is 20.9. The zero-order chi connectivity index (χ0) is 32.4.